The average molecular weight is 345 g/mol. The second kappa shape index (κ2) is 7.00. The zero-order valence-electron chi connectivity index (χ0n) is 13.6. The van der Waals surface area contributed by atoms with Crippen molar-refractivity contribution in [3.05, 3.63) is 40.3 Å². The van der Waals surface area contributed by atoms with E-state index in [1.54, 1.807) is 24.1 Å². The monoisotopic (exact) mass is 345 g/mol. The van der Waals surface area contributed by atoms with Crippen molar-refractivity contribution in [3.63, 3.8) is 0 Å². The van der Waals surface area contributed by atoms with Gasteiger partial charge in [-0.15, -0.1) is 11.3 Å². The number of hydrogen-bond acceptors (Lipinski definition) is 5. The van der Waals surface area contributed by atoms with Gasteiger partial charge in [0.25, 0.3) is 0 Å². The number of carbonyl (C=O) groups excluding carboxylic acids is 2. The van der Waals surface area contributed by atoms with E-state index >= 15 is 0 Å². The SMILES string of the molecule is COc1ccc(N2CC(C(=O)NCc3nc(C)cs3)CC2=O)cc1. The van der Waals surface area contributed by atoms with Crippen molar-refractivity contribution < 1.29 is 14.3 Å². The molecule has 0 bridgehead atoms. The van der Waals surface area contributed by atoms with E-state index in [1.807, 2.05) is 24.4 Å². The van der Waals surface area contributed by atoms with Gasteiger partial charge in [0.15, 0.2) is 0 Å². The van der Waals surface area contributed by atoms with Crippen LogP contribution in [0.1, 0.15) is 17.1 Å². The molecule has 1 aromatic carbocycles. The number of thiazole rings is 1. The van der Waals surface area contributed by atoms with E-state index in [4.69, 9.17) is 4.74 Å². The van der Waals surface area contributed by atoms with Gasteiger partial charge in [-0.25, -0.2) is 4.98 Å². The van der Waals surface area contributed by atoms with Gasteiger partial charge in [-0.3, -0.25) is 9.59 Å². The number of amides is 2. The van der Waals surface area contributed by atoms with Crippen LogP contribution in [0.5, 0.6) is 5.75 Å². The fraction of sp³-hybridized carbons (Fsp3) is 0.353. The van der Waals surface area contributed by atoms with E-state index in [0.717, 1.165) is 22.1 Å². The Balaban J connectivity index is 1.59. The summed E-state index contributed by atoms with van der Waals surface area (Å²) >= 11 is 1.52. The van der Waals surface area contributed by atoms with Crippen molar-refractivity contribution in [2.24, 2.45) is 5.92 Å². The Morgan fingerprint density at radius 2 is 2.17 bits per heavy atom. The molecule has 1 unspecified atom stereocenters. The first-order valence-electron chi connectivity index (χ1n) is 7.70. The maximum absolute atomic E-state index is 12.3. The Hall–Kier alpha value is -2.41. The van der Waals surface area contributed by atoms with Crippen molar-refractivity contribution in [2.75, 3.05) is 18.6 Å². The topological polar surface area (TPSA) is 71.5 Å². The van der Waals surface area contributed by atoms with Crippen LogP contribution in [0.4, 0.5) is 5.69 Å². The molecule has 0 radical (unpaired) electrons. The second-order valence-electron chi connectivity index (χ2n) is 5.70. The zero-order chi connectivity index (χ0) is 17.1. The number of hydrogen-bond donors (Lipinski definition) is 1. The number of ether oxygens (including phenoxy) is 1. The first kappa shape index (κ1) is 16.4. The predicted molar refractivity (Wildman–Crippen MR) is 92.2 cm³/mol. The lowest BCUT2D eigenvalue weighted by atomic mass is 10.1. The van der Waals surface area contributed by atoms with Crippen LogP contribution in [0.3, 0.4) is 0 Å². The van der Waals surface area contributed by atoms with Crippen LogP contribution < -0.4 is 15.0 Å². The lowest BCUT2D eigenvalue weighted by Crippen LogP contribution is -2.32. The highest BCUT2D eigenvalue weighted by atomic mass is 32.1. The molecule has 0 saturated carbocycles. The third-order valence-electron chi connectivity index (χ3n) is 3.96. The number of methoxy groups -OCH3 is 1. The summed E-state index contributed by atoms with van der Waals surface area (Å²) in [6, 6.07) is 7.27. The van der Waals surface area contributed by atoms with E-state index in [-0.39, 0.29) is 24.2 Å². The minimum atomic E-state index is -0.333. The van der Waals surface area contributed by atoms with Crippen LogP contribution >= 0.6 is 11.3 Å². The summed E-state index contributed by atoms with van der Waals surface area (Å²) in [4.78, 5) is 30.5. The van der Waals surface area contributed by atoms with Crippen LogP contribution in [0.15, 0.2) is 29.6 Å². The van der Waals surface area contributed by atoms with Gasteiger partial charge < -0.3 is 15.0 Å². The van der Waals surface area contributed by atoms with Crippen molar-refractivity contribution in [2.45, 2.75) is 19.9 Å². The van der Waals surface area contributed by atoms with Crippen molar-refractivity contribution in [1.29, 1.82) is 0 Å². The highest BCUT2D eigenvalue weighted by Crippen LogP contribution is 2.27. The van der Waals surface area contributed by atoms with Crippen LogP contribution in [0.2, 0.25) is 0 Å². The molecule has 0 spiro atoms. The van der Waals surface area contributed by atoms with Crippen LogP contribution in [-0.4, -0.2) is 30.5 Å². The molecular formula is C17H19N3O3S. The van der Waals surface area contributed by atoms with E-state index in [0.29, 0.717) is 13.1 Å². The largest absolute Gasteiger partial charge is 0.497 e. The number of benzene rings is 1. The van der Waals surface area contributed by atoms with Crippen LogP contribution in [0, 0.1) is 12.8 Å². The summed E-state index contributed by atoms with van der Waals surface area (Å²) in [7, 11) is 1.60. The molecule has 1 N–H and O–H groups in total. The Labute approximate surface area is 144 Å². The number of rotatable bonds is 5. The maximum Gasteiger partial charge on any atom is 0.227 e. The third kappa shape index (κ3) is 3.56. The first-order valence-corrected chi connectivity index (χ1v) is 8.58. The highest BCUT2D eigenvalue weighted by Gasteiger charge is 2.35. The minimum Gasteiger partial charge on any atom is -0.497 e. The number of anilines is 1. The highest BCUT2D eigenvalue weighted by molar-refractivity contribution is 7.09. The van der Waals surface area contributed by atoms with Crippen molar-refractivity contribution in [3.8, 4) is 5.75 Å². The van der Waals surface area contributed by atoms with E-state index < -0.39 is 0 Å². The lowest BCUT2D eigenvalue weighted by Gasteiger charge is -2.17. The molecular weight excluding hydrogens is 326 g/mol. The van der Waals surface area contributed by atoms with Gasteiger partial charge in [-0.05, 0) is 31.2 Å². The molecule has 2 amide bonds. The average Bonchev–Trinajstić information content (AvgIpc) is 3.18. The molecule has 24 heavy (non-hydrogen) atoms. The summed E-state index contributed by atoms with van der Waals surface area (Å²) in [6.45, 7) is 2.72. The number of aromatic nitrogens is 1. The minimum absolute atomic E-state index is 0.0367. The molecule has 126 valence electrons. The molecule has 6 nitrogen and oxygen atoms in total. The van der Waals surface area contributed by atoms with E-state index in [2.05, 4.69) is 10.3 Å². The number of nitrogens with one attached hydrogen (secondary N) is 1. The molecule has 3 rings (SSSR count). The van der Waals surface area contributed by atoms with Gasteiger partial charge in [0.05, 0.1) is 19.6 Å². The quantitative estimate of drug-likeness (QED) is 0.901. The lowest BCUT2D eigenvalue weighted by molar-refractivity contribution is -0.126. The molecule has 1 aromatic heterocycles. The van der Waals surface area contributed by atoms with Gasteiger partial charge in [0.2, 0.25) is 11.8 Å². The Morgan fingerprint density at radius 1 is 1.42 bits per heavy atom. The molecule has 1 aliphatic rings. The van der Waals surface area contributed by atoms with E-state index in [1.165, 1.54) is 11.3 Å². The molecule has 1 atom stereocenters. The first-order chi connectivity index (χ1) is 11.6. The molecule has 7 heteroatoms. The normalized spacial score (nSPS) is 17.2. The smallest absolute Gasteiger partial charge is 0.227 e. The summed E-state index contributed by atoms with van der Waals surface area (Å²) in [5.41, 5.74) is 1.73. The molecule has 0 aliphatic carbocycles. The van der Waals surface area contributed by atoms with Gasteiger partial charge in [0, 0.05) is 29.7 Å². The molecule has 1 fully saturated rings. The third-order valence-corrected chi connectivity index (χ3v) is 4.93. The van der Waals surface area contributed by atoms with Crippen LogP contribution in [-0.2, 0) is 16.1 Å². The molecule has 1 saturated heterocycles. The summed E-state index contributed by atoms with van der Waals surface area (Å²) in [5.74, 6) is 0.261. The fourth-order valence-electron chi connectivity index (χ4n) is 2.69. The Bertz CT molecular complexity index is 742. The predicted octanol–water partition coefficient (Wildman–Crippen LogP) is 2.13. The maximum atomic E-state index is 12.3. The number of aryl methyl sites for hydroxylation is 1. The molecule has 2 aromatic rings. The van der Waals surface area contributed by atoms with Crippen molar-refractivity contribution >= 4 is 28.8 Å². The van der Waals surface area contributed by atoms with E-state index in [9.17, 15) is 9.59 Å². The summed E-state index contributed by atoms with van der Waals surface area (Å²) < 4.78 is 5.12. The fourth-order valence-corrected chi connectivity index (χ4v) is 3.40. The van der Waals surface area contributed by atoms with Gasteiger partial charge in [-0.1, -0.05) is 0 Å². The summed E-state index contributed by atoms with van der Waals surface area (Å²) in [5, 5.41) is 5.70. The van der Waals surface area contributed by atoms with Gasteiger partial charge >= 0.3 is 0 Å². The molecule has 1 aliphatic heterocycles. The summed E-state index contributed by atoms with van der Waals surface area (Å²) in [6.07, 6.45) is 0.231. The Morgan fingerprint density at radius 3 is 2.79 bits per heavy atom. The van der Waals surface area contributed by atoms with Crippen LogP contribution in [0.25, 0.3) is 0 Å². The molecule has 2 heterocycles. The standard InChI is InChI=1S/C17H19N3O3S/c1-11-10-24-15(19-11)8-18-17(22)12-7-16(21)20(9-12)13-3-5-14(23-2)6-4-13/h3-6,10,12H,7-9H2,1-2H3,(H,18,22). The second-order valence-corrected chi connectivity index (χ2v) is 6.65. The zero-order valence-corrected chi connectivity index (χ0v) is 14.4. The number of carbonyl (C=O) groups is 2. The van der Waals surface area contributed by atoms with Gasteiger partial charge in [-0.2, -0.15) is 0 Å². The Kier molecular flexibility index (Phi) is 4.80. The van der Waals surface area contributed by atoms with Gasteiger partial charge in [0.1, 0.15) is 10.8 Å². The van der Waals surface area contributed by atoms with Crippen molar-refractivity contribution in [1.82, 2.24) is 10.3 Å². The number of nitrogens with zero attached hydrogens (tertiary/aromatic N) is 2.